The van der Waals surface area contributed by atoms with Crippen LogP contribution < -0.4 is 62.9 Å². The number of hydrogen-bond acceptors (Lipinski definition) is 12. The van der Waals surface area contributed by atoms with Crippen LogP contribution in [0.25, 0.3) is 0 Å². The Labute approximate surface area is 166 Å². The van der Waals surface area contributed by atoms with Gasteiger partial charge >= 0.3 is 86.3 Å². The molecule has 0 rings (SSSR count). The minimum absolute atomic E-state index is 0. The molecule has 0 amide bonds. The molecule has 0 aliphatic rings. The Morgan fingerprint density at radius 1 is 0.500 bits per heavy atom. The van der Waals surface area contributed by atoms with E-state index in [1.165, 1.54) is 0 Å². The molecule has 0 unspecified atom stereocenters. The van der Waals surface area contributed by atoms with Gasteiger partial charge in [0.2, 0.25) is 0 Å². The molecule has 0 bridgehead atoms. The molecule has 0 saturated heterocycles. The summed E-state index contributed by atoms with van der Waals surface area (Å²) in [7, 11) is -16.2. The van der Waals surface area contributed by atoms with E-state index >= 15 is 0 Å². The van der Waals surface area contributed by atoms with Crippen LogP contribution in [0.5, 0.6) is 0 Å². The average molecular weight is 519 g/mol. The fourth-order valence-corrected chi connectivity index (χ4v) is 0. The molecule has 0 aliphatic carbocycles. The summed E-state index contributed by atoms with van der Waals surface area (Å²) in [6.45, 7) is 0. The van der Waals surface area contributed by atoms with E-state index in [-0.39, 0.29) is 86.3 Å². The third-order valence-corrected chi connectivity index (χ3v) is 0. The van der Waals surface area contributed by atoms with Gasteiger partial charge in [-0.15, -0.1) is 0 Å². The van der Waals surface area contributed by atoms with Crippen LogP contribution in [-0.2, 0) is 81.1 Å². The van der Waals surface area contributed by atoms with E-state index < -0.39 is 23.5 Å². The Balaban J connectivity index is -0.0000000160. The zero-order chi connectivity index (χ0) is 13.5. The maximum Gasteiger partial charge on any atom is 2.00 e. The molecule has 0 fully saturated rings. The molecule has 20 heavy (non-hydrogen) atoms. The summed E-state index contributed by atoms with van der Waals surface area (Å²) < 4.78 is 25.6. The van der Waals surface area contributed by atoms with Crippen LogP contribution in [0.1, 0.15) is 0 Å². The topological polar surface area (TPSA) is 259 Å². The molecule has 3 radical (unpaired) electrons. The van der Waals surface area contributed by atoms with E-state index in [2.05, 4.69) is 0 Å². The first kappa shape index (κ1) is 49.5. The summed E-state index contributed by atoms with van der Waals surface area (Å²) in [4.78, 5) is 76.9. The number of hydrogen-bond donors (Lipinski definition) is 0. The molecule has 20 heteroatoms. The Bertz CT molecular complexity index is 223. The normalized spacial score (nSPS) is 8.85. The Hall–Kier alpha value is 2.97. The smallest absolute Gasteiger partial charge is 0.822 e. The Morgan fingerprint density at radius 3 is 0.500 bits per heavy atom. The van der Waals surface area contributed by atoms with Crippen molar-refractivity contribution in [2.24, 2.45) is 0 Å². The molecule has 0 heterocycles. The molecular weight excluding hydrogens is 519 g/mol. The summed E-state index contributed by atoms with van der Waals surface area (Å²) >= 11 is 0. The molecule has 0 aromatic carbocycles. The van der Waals surface area contributed by atoms with Crippen molar-refractivity contribution in [2.45, 2.75) is 0 Å². The fourth-order valence-electron chi connectivity index (χ4n) is 0. The summed E-state index contributed by atoms with van der Waals surface area (Å²) in [5.41, 5.74) is 0. The van der Waals surface area contributed by atoms with E-state index in [1.54, 1.807) is 0 Å². The third kappa shape index (κ3) is 950. The second-order valence-electron chi connectivity index (χ2n) is 1.34. The van der Waals surface area contributed by atoms with E-state index in [1.807, 2.05) is 0 Å². The van der Waals surface area contributed by atoms with Crippen molar-refractivity contribution in [3.05, 3.63) is 0 Å². The van der Waals surface area contributed by atoms with Crippen molar-refractivity contribution < 1.29 is 144 Å². The van der Waals surface area contributed by atoms with Gasteiger partial charge in [0.25, 0.3) is 0 Å². The molecule has 12 nitrogen and oxygen atoms in total. The molecule has 0 aliphatic heterocycles. The van der Waals surface area contributed by atoms with Crippen LogP contribution in [0, 0.1) is 0 Å². The molecule has 0 spiro atoms. The van der Waals surface area contributed by atoms with Gasteiger partial charge in [0.1, 0.15) is 0 Å². The molecule has 0 saturated carbocycles. The monoisotopic (exact) mass is 519 g/mol. The SMILES string of the molecule is O=P([O-])([O-])[O-].O=P([O-])([O-])[O-].O=P([O-])([O-])[O-].[Co+2].[Li+].[Mn+2].[Mn+2].[Ni+2]. The van der Waals surface area contributed by atoms with Crippen molar-refractivity contribution in [1.82, 2.24) is 0 Å². The van der Waals surface area contributed by atoms with Crippen LogP contribution >= 0.6 is 23.5 Å². The predicted octanol–water partition coefficient (Wildman–Crippen LogP) is -11.5. The van der Waals surface area contributed by atoms with Gasteiger partial charge in [-0.25, -0.2) is 0 Å². The minimum Gasteiger partial charge on any atom is -0.822 e. The van der Waals surface area contributed by atoms with Crippen molar-refractivity contribution in [3.8, 4) is 0 Å². The van der Waals surface area contributed by atoms with Gasteiger partial charge in [0.05, 0.1) is 0 Å². The minimum atomic E-state index is -5.39. The summed E-state index contributed by atoms with van der Waals surface area (Å²) in [6.07, 6.45) is 0. The molecule has 0 N–H and O–H groups in total. The van der Waals surface area contributed by atoms with Crippen molar-refractivity contribution >= 4 is 23.5 Å². The predicted molar refractivity (Wildman–Crippen MR) is 22.8 cm³/mol. The second-order valence-corrected chi connectivity index (χ2v) is 4.02. The standard InChI is InChI=1S/Co.Li.2Mn.Ni.3H3O4P/c;;;;;3*1-5(2,3)4/h;;;;;3*(H3,1,2,3,4)/q+2;+1;3*+2;;;/p-9. The fraction of sp³-hybridized carbons (Fsp3) is 0. The quantitative estimate of drug-likeness (QED) is 0.213. The Kier molecular flexibility index (Phi) is 54.3. The van der Waals surface area contributed by atoms with Crippen LogP contribution in [0.2, 0.25) is 0 Å². The molecule has 0 atom stereocenters. The first-order valence-electron chi connectivity index (χ1n) is 2.19. The first-order chi connectivity index (χ1) is 6.00. The molecular formula is CoLiMn2NiO12P3. The van der Waals surface area contributed by atoms with Crippen molar-refractivity contribution in [2.75, 3.05) is 0 Å². The van der Waals surface area contributed by atoms with Gasteiger partial charge in [-0.05, 0) is 0 Å². The zero-order valence-electron chi connectivity index (χ0n) is 8.65. The average Bonchev–Trinajstić information content (AvgIpc) is 1.41. The molecule has 0 aromatic rings. The van der Waals surface area contributed by atoms with Gasteiger partial charge < -0.3 is 57.7 Å². The second kappa shape index (κ2) is 22.0. The molecule has 0 aromatic heterocycles. The van der Waals surface area contributed by atoms with Gasteiger partial charge in [-0.1, -0.05) is 0 Å². The van der Waals surface area contributed by atoms with Gasteiger partial charge in [-0.3, -0.25) is 0 Å². The third-order valence-electron chi connectivity index (χ3n) is 0. The zero-order valence-corrected chi connectivity index (χ0v) is 15.7. The van der Waals surface area contributed by atoms with Crippen molar-refractivity contribution in [3.63, 3.8) is 0 Å². The summed E-state index contributed by atoms with van der Waals surface area (Å²) in [6, 6.07) is 0. The van der Waals surface area contributed by atoms with Crippen LogP contribution in [0.15, 0.2) is 0 Å². The van der Waals surface area contributed by atoms with E-state index in [0.717, 1.165) is 0 Å². The van der Waals surface area contributed by atoms with E-state index in [9.17, 15) is 0 Å². The van der Waals surface area contributed by atoms with Crippen LogP contribution in [0.3, 0.4) is 0 Å². The number of phosphoric acid groups is 3. The first-order valence-corrected chi connectivity index (χ1v) is 6.57. The van der Waals surface area contributed by atoms with Gasteiger partial charge in [0.15, 0.2) is 0 Å². The maximum absolute atomic E-state index is 8.55. The maximum atomic E-state index is 8.55. The van der Waals surface area contributed by atoms with Crippen molar-refractivity contribution in [1.29, 1.82) is 0 Å². The van der Waals surface area contributed by atoms with Crippen LogP contribution in [-0.4, -0.2) is 0 Å². The largest absolute Gasteiger partial charge is 2.00 e. The van der Waals surface area contributed by atoms with Crippen LogP contribution in [0.4, 0.5) is 0 Å². The Morgan fingerprint density at radius 2 is 0.500 bits per heavy atom. The summed E-state index contributed by atoms with van der Waals surface area (Å²) in [5, 5.41) is 0. The molecule has 121 valence electrons. The van der Waals surface area contributed by atoms with E-state index in [4.69, 9.17) is 57.7 Å². The summed E-state index contributed by atoms with van der Waals surface area (Å²) in [5.74, 6) is 0. The van der Waals surface area contributed by atoms with Gasteiger partial charge in [-0.2, -0.15) is 23.5 Å². The number of rotatable bonds is 0. The van der Waals surface area contributed by atoms with E-state index in [0.29, 0.717) is 0 Å². The van der Waals surface area contributed by atoms with Gasteiger partial charge in [0, 0.05) is 0 Å².